The topological polar surface area (TPSA) is 92.8 Å². The zero-order valence-corrected chi connectivity index (χ0v) is 20.3. The summed E-state index contributed by atoms with van der Waals surface area (Å²) in [5.74, 6) is 2.21. The number of nitrogens with one attached hydrogen (secondary N) is 1. The van der Waals surface area contributed by atoms with E-state index in [-0.39, 0.29) is 5.92 Å². The van der Waals surface area contributed by atoms with Gasteiger partial charge in [-0.3, -0.25) is 9.98 Å². The van der Waals surface area contributed by atoms with Crippen LogP contribution in [0.4, 0.5) is 0 Å². The van der Waals surface area contributed by atoms with E-state index in [2.05, 4.69) is 23.5 Å². The Morgan fingerprint density at radius 1 is 1.18 bits per heavy atom. The molecule has 7 heteroatoms. The molecule has 2 unspecified atom stereocenters. The third-order valence-corrected chi connectivity index (χ3v) is 7.81. The van der Waals surface area contributed by atoms with Crippen molar-refractivity contribution in [3.8, 4) is 0 Å². The fourth-order valence-corrected chi connectivity index (χ4v) is 5.91. The number of fused-ring (bicyclic) bond motifs is 1. The normalized spacial score (nSPS) is 28.3. The summed E-state index contributed by atoms with van der Waals surface area (Å²) in [5, 5.41) is 20.6. The molecule has 0 bridgehead atoms. The number of aromatic nitrogens is 2. The molecule has 2 aliphatic heterocycles. The van der Waals surface area contributed by atoms with Crippen molar-refractivity contribution >= 4 is 11.4 Å². The molecule has 34 heavy (non-hydrogen) atoms. The minimum atomic E-state index is -1.31. The Kier molecular flexibility index (Phi) is 4.87. The van der Waals surface area contributed by atoms with Crippen molar-refractivity contribution < 1.29 is 14.4 Å². The highest BCUT2D eigenvalue weighted by atomic mass is 16.5. The molecule has 2 aromatic heterocycles. The summed E-state index contributed by atoms with van der Waals surface area (Å²) in [7, 11) is 0. The Bertz CT molecular complexity index is 1230. The quantitative estimate of drug-likeness (QED) is 0.697. The van der Waals surface area contributed by atoms with Gasteiger partial charge in [-0.2, -0.15) is 0 Å². The van der Waals surface area contributed by atoms with Gasteiger partial charge in [0, 0.05) is 41.7 Å². The second kappa shape index (κ2) is 7.62. The number of nitrogens with zero attached hydrogens (tertiary/aromatic N) is 3. The molecule has 3 atom stereocenters. The molecule has 2 aromatic rings. The average molecular weight is 461 g/mol. The molecule has 1 saturated carbocycles. The number of rotatable bonds is 5. The summed E-state index contributed by atoms with van der Waals surface area (Å²) in [5.41, 5.74) is 4.51. The van der Waals surface area contributed by atoms with Crippen molar-refractivity contribution in [3.05, 3.63) is 64.0 Å². The van der Waals surface area contributed by atoms with Gasteiger partial charge in [-0.05, 0) is 70.7 Å². The molecule has 4 heterocycles. The second-order valence-corrected chi connectivity index (χ2v) is 10.5. The van der Waals surface area contributed by atoms with E-state index < -0.39 is 11.1 Å². The summed E-state index contributed by atoms with van der Waals surface area (Å²) in [6.45, 7) is 9.18. The smallest absolute Gasteiger partial charge is 0.141 e. The highest BCUT2D eigenvalue weighted by molar-refractivity contribution is 5.93. The van der Waals surface area contributed by atoms with Crippen LogP contribution < -0.4 is 5.32 Å². The number of aryl methyl sites for hydroxylation is 3. The zero-order valence-electron chi connectivity index (χ0n) is 20.3. The number of hydrogen-bond acceptors (Lipinski definition) is 7. The molecule has 0 amide bonds. The van der Waals surface area contributed by atoms with Crippen molar-refractivity contribution in [2.75, 3.05) is 13.2 Å². The highest BCUT2D eigenvalue weighted by Crippen LogP contribution is 2.51. The van der Waals surface area contributed by atoms with E-state index >= 15 is 0 Å². The Morgan fingerprint density at radius 3 is 2.65 bits per heavy atom. The standard InChI is InChI=1S/C27H32N4O3/c1-15-6-5-7-22(28-15)27(32,20-10-11-33-14-20)21-12-19(23-16(2)31-34-17(23)3)13-26(4)24(21)29-25(30-26)18-8-9-18/h5-7,12,18,20,32H,8-11,13-14H2,1-4H3,(H,29,30)/t20?,26-,27?/m0/s1. The summed E-state index contributed by atoms with van der Waals surface area (Å²) in [6, 6.07) is 5.87. The minimum Gasteiger partial charge on any atom is -0.381 e. The van der Waals surface area contributed by atoms with Gasteiger partial charge in [-0.15, -0.1) is 0 Å². The molecule has 178 valence electrons. The van der Waals surface area contributed by atoms with Gasteiger partial charge in [0.25, 0.3) is 0 Å². The van der Waals surface area contributed by atoms with E-state index in [0.29, 0.717) is 24.8 Å². The van der Waals surface area contributed by atoms with Crippen LogP contribution in [0.15, 0.2) is 45.1 Å². The zero-order chi connectivity index (χ0) is 23.7. The van der Waals surface area contributed by atoms with E-state index in [9.17, 15) is 5.11 Å². The van der Waals surface area contributed by atoms with Gasteiger partial charge in [0.1, 0.15) is 22.7 Å². The van der Waals surface area contributed by atoms with Crippen molar-refractivity contribution in [2.45, 2.75) is 64.5 Å². The molecular formula is C27H32N4O3. The van der Waals surface area contributed by atoms with Crippen molar-refractivity contribution in [3.63, 3.8) is 0 Å². The fraction of sp³-hybridized carbons (Fsp3) is 0.519. The molecule has 2 aliphatic carbocycles. The number of aliphatic hydroxyl groups is 1. The molecule has 0 aromatic carbocycles. The lowest BCUT2D eigenvalue weighted by Crippen LogP contribution is -2.44. The van der Waals surface area contributed by atoms with E-state index in [1.54, 1.807) is 0 Å². The highest BCUT2D eigenvalue weighted by Gasteiger charge is 2.52. The van der Waals surface area contributed by atoms with Gasteiger partial charge in [0.2, 0.25) is 0 Å². The van der Waals surface area contributed by atoms with Gasteiger partial charge < -0.3 is 19.7 Å². The van der Waals surface area contributed by atoms with Crippen LogP contribution in [0.3, 0.4) is 0 Å². The lowest BCUT2D eigenvalue weighted by atomic mass is 9.70. The Morgan fingerprint density at radius 2 is 2.00 bits per heavy atom. The molecule has 7 nitrogen and oxygen atoms in total. The number of aliphatic imine (C=N–C) groups is 1. The summed E-state index contributed by atoms with van der Waals surface area (Å²) >= 11 is 0. The van der Waals surface area contributed by atoms with Crippen molar-refractivity contribution in [1.29, 1.82) is 0 Å². The van der Waals surface area contributed by atoms with Crippen LogP contribution in [0, 0.1) is 32.6 Å². The fourth-order valence-electron chi connectivity index (χ4n) is 5.91. The first-order valence-corrected chi connectivity index (χ1v) is 12.3. The van der Waals surface area contributed by atoms with Crippen LogP contribution in [-0.2, 0) is 10.3 Å². The van der Waals surface area contributed by atoms with Crippen LogP contribution in [-0.4, -0.2) is 39.8 Å². The number of ether oxygens (including phenoxy) is 1. The molecule has 1 saturated heterocycles. The molecule has 0 spiro atoms. The lowest BCUT2D eigenvalue weighted by Gasteiger charge is -2.40. The van der Waals surface area contributed by atoms with Gasteiger partial charge in [0.05, 0.1) is 23.7 Å². The summed E-state index contributed by atoms with van der Waals surface area (Å²) in [4.78, 5) is 10.0. The van der Waals surface area contributed by atoms with E-state index in [1.165, 1.54) is 0 Å². The molecule has 0 radical (unpaired) electrons. The first-order valence-electron chi connectivity index (χ1n) is 12.3. The number of hydrogen-bond donors (Lipinski definition) is 2. The predicted molar refractivity (Wildman–Crippen MR) is 129 cm³/mol. The molecule has 4 aliphatic rings. The van der Waals surface area contributed by atoms with Crippen LogP contribution in [0.2, 0.25) is 0 Å². The van der Waals surface area contributed by atoms with Crippen LogP contribution in [0.5, 0.6) is 0 Å². The number of amidine groups is 1. The summed E-state index contributed by atoms with van der Waals surface area (Å²) < 4.78 is 11.3. The van der Waals surface area contributed by atoms with E-state index in [4.69, 9.17) is 19.2 Å². The van der Waals surface area contributed by atoms with E-state index in [1.807, 2.05) is 39.0 Å². The Balaban J connectivity index is 1.59. The lowest BCUT2D eigenvalue weighted by molar-refractivity contribution is 0.00448. The first kappa shape index (κ1) is 21.7. The monoisotopic (exact) mass is 460 g/mol. The Hall–Kier alpha value is -2.77. The third-order valence-electron chi connectivity index (χ3n) is 7.81. The van der Waals surface area contributed by atoms with Gasteiger partial charge >= 0.3 is 0 Å². The maximum absolute atomic E-state index is 12.7. The van der Waals surface area contributed by atoms with Crippen molar-refractivity contribution in [1.82, 2.24) is 15.5 Å². The maximum Gasteiger partial charge on any atom is 0.141 e. The van der Waals surface area contributed by atoms with Gasteiger partial charge in [-0.1, -0.05) is 11.2 Å². The van der Waals surface area contributed by atoms with Gasteiger partial charge in [-0.25, -0.2) is 0 Å². The minimum absolute atomic E-state index is 0.111. The molecular weight excluding hydrogens is 428 g/mol. The molecule has 2 fully saturated rings. The van der Waals surface area contributed by atoms with Crippen LogP contribution in [0.1, 0.15) is 61.0 Å². The van der Waals surface area contributed by atoms with E-state index in [0.717, 1.165) is 71.1 Å². The largest absolute Gasteiger partial charge is 0.381 e. The maximum atomic E-state index is 12.7. The SMILES string of the molecule is Cc1cccc(C(O)(C2=C3NC(C4CC4)=N[C@@]3(C)CC(c3c(C)noc3C)=C2)C2CCOC2)n1. The molecule has 6 rings (SSSR count). The third kappa shape index (κ3) is 3.28. The molecule has 2 N–H and O–H groups in total. The van der Waals surface area contributed by atoms with Crippen LogP contribution >= 0.6 is 0 Å². The second-order valence-electron chi connectivity index (χ2n) is 10.5. The van der Waals surface area contributed by atoms with Crippen molar-refractivity contribution in [2.24, 2.45) is 16.8 Å². The predicted octanol–water partition coefficient (Wildman–Crippen LogP) is 4.13. The van der Waals surface area contributed by atoms with Crippen LogP contribution in [0.25, 0.3) is 5.57 Å². The average Bonchev–Trinajstić information content (AvgIpc) is 3.21. The summed E-state index contributed by atoms with van der Waals surface area (Å²) in [6.07, 6.45) is 5.95. The first-order chi connectivity index (χ1) is 16.3. The number of pyridine rings is 1. The Labute approximate surface area is 200 Å². The van der Waals surface area contributed by atoms with Gasteiger partial charge in [0.15, 0.2) is 0 Å².